The third kappa shape index (κ3) is 3.76. The molecule has 0 nitrogen and oxygen atoms in total. The number of hydrogen-bond donors (Lipinski definition) is 0. The molecule has 1 saturated carbocycles. The second-order valence-electron chi connectivity index (χ2n) is 8.25. The van der Waals surface area contributed by atoms with E-state index >= 15 is 0 Å². The van der Waals surface area contributed by atoms with Crippen LogP contribution in [0.5, 0.6) is 0 Å². The van der Waals surface area contributed by atoms with Gasteiger partial charge in [-0.3, -0.25) is 0 Å². The van der Waals surface area contributed by atoms with Crippen LogP contribution >= 0.6 is 0 Å². The third-order valence-electron chi connectivity index (χ3n) is 6.27. The van der Waals surface area contributed by atoms with E-state index in [0.717, 1.165) is 17.4 Å². The van der Waals surface area contributed by atoms with Crippen molar-refractivity contribution in [1.82, 2.24) is 0 Å². The van der Waals surface area contributed by atoms with Gasteiger partial charge in [0, 0.05) is 5.39 Å². The highest BCUT2D eigenvalue weighted by Gasteiger charge is 2.27. The highest BCUT2D eigenvalue weighted by Crippen LogP contribution is 2.43. The Morgan fingerprint density at radius 1 is 0.926 bits per heavy atom. The van der Waals surface area contributed by atoms with Gasteiger partial charge in [0.25, 0.3) is 0 Å². The van der Waals surface area contributed by atoms with Crippen LogP contribution in [0.1, 0.15) is 61.1 Å². The Balaban J connectivity index is 1.50. The van der Waals surface area contributed by atoms with Gasteiger partial charge in [0.2, 0.25) is 0 Å². The van der Waals surface area contributed by atoms with Crippen LogP contribution in [0.2, 0.25) is 0 Å². The fourth-order valence-corrected chi connectivity index (χ4v) is 4.80. The summed E-state index contributed by atoms with van der Waals surface area (Å²) in [6.45, 7) is 4.34. The number of rotatable bonds is 4. The first-order chi connectivity index (χ1) is 13.0. The van der Waals surface area contributed by atoms with E-state index in [9.17, 15) is 8.78 Å². The molecule has 0 spiro atoms. The van der Waals surface area contributed by atoms with Crippen LogP contribution in [0, 0.1) is 24.5 Å². The molecule has 0 bridgehead atoms. The van der Waals surface area contributed by atoms with Gasteiger partial charge in [0.1, 0.15) is 11.6 Å². The van der Waals surface area contributed by atoms with Crippen molar-refractivity contribution >= 4 is 10.8 Å². The van der Waals surface area contributed by atoms with Gasteiger partial charge in [0.05, 0.1) is 0 Å². The Bertz CT molecular complexity index is 942. The van der Waals surface area contributed by atoms with Crippen molar-refractivity contribution in [3.63, 3.8) is 0 Å². The zero-order valence-electron chi connectivity index (χ0n) is 16.0. The summed E-state index contributed by atoms with van der Waals surface area (Å²) in [4.78, 5) is 0. The Morgan fingerprint density at radius 2 is 1.70 bits per heavy atom. The largest absolute Gasteiger partial charge is 0.207 e. The van der Waals surface area contributed by atoms with Crippen LogP contribution in [0.25, 0.3) is 10.8 Å². The molecule has 140 valence electrons. The fraction of sp³-hybridized carbons (Fsp3) is 0.360. The Kier molecular flexibility index (Phi) is 4.99. The van der Waals surface area contributed by atoms with Crippen molar-refractivity contribution in [3.05, 3.63) is 82.9 Å². The minimum absolute atomic E-state index is 0.334. The molecule has 2 heteroatoms. The van der Waals surface area contributed by atoms with Gasteiger partial charge in [-0.1, -0.05) is 48.9 Å². The lowest BCUT2D eigenvalue weighted by atomic mass is 9.86. The molecule has 3 atom stereocenters. The van der Waals surface area contributed by atoms with Crippen LogP contribution in [-0.2, 0) is 0 Å². The standard InChI is InChI=1S/C25H26F2/c1-16-3-6-19(7-4-16)20-8-5-18(14-20)13-17(2)22-11-12-25(27)24-15-21(26)9-10-23(22)24/h3-4,6-7,9-12,15,17-18,20H,5,8,13-14H2,1-2H3/t17-,18+,20+/m0/s1. The summed E-state index contributed by atoms with van der Waals surface area (Å²) >= 11 is 0. The summed E-state index contributed by atoms with van der Waals surface area (Å²) in [7, 11) is 0. The molecule has 0 aromatic heterocycles. The van der Waals surface area contributed by atoms with Crippen LogP contribution in [0.15, 0.2) is 54.6 Å². The first kappa shape index (κ1) is 18.2. The van der Waals surface area contributed by atoms with E-state index in [4.69, 9.17) is 0 Å². The van der Waals surface area contributed by atoms with Crippen molar-refractivity contribution in [3.8, 4) is 0 Å². The van der Waals surface area contributed by atoms with E-state index in [1.165, 1.54) is 48.6 Å². The summed E-state index contributed by atoms with van der Waals surface area (Å²) in [5.41, 5.74) is 3.89. The molecule has 0 amide bonds. The van der Waals surface area contributed by atoms with Crippen LogP contribution < -0.4 is 0 Å². The number of benzene rings is 3. The van der Waals surface area contributed by atoms with Gasteiger partial charge in [-0.25, -0.2) is 8.78 Å². The maximum Gasteiger partial charge on any atom is 0.131 e. The van der Waals surface area contributed by atoms with Crippen molar-refractivity contribution in [2.24, 2.45) is 5.92 Å². The molecule has 3 aromatic rings. The van der Waals surface area contributed by atoms with Gasteiger partial charge in [-0.2, -0.15) is 0 Å². The summed E-state index contributed by atoms with van der Waals surface area (Å²) in [6, 6.07) is 16.8. The lowest BCUT2D eigenvalue weighted by Gasteiger charge is -2.19. The van der Waals surface area contributed by atoms with Gasteiger partial charge in [0.15, 0.2) is 0 Å². The lowest BCUT2D eigenvalue weighted by Crippen LogP contribution is -2.04. The quantitative estimate of drug-likeness (QED) is 0.449. The van der Waals surface area contributed by atoms with Crippen molar-refractivity contribution in [2.75, 3.05) is 0 Å². The molecule has 0 unspecified atom stereocenters. The Morgan fingerprint density at radius 3 is 2.48 bits per heavy atom. The third-order valence-corrected chi connectivity index (χ3v) is 6.27. The molecule has 1 aliphatic carbocycles. The first-order valence-corrected chi connectivity index (χ1v) is 9.95. The van der Waals surface area contributed by atoms with E-state index in [-0.39, 0.29) is 11.6 Å². The molecule has 1 fully saturated rings. The number of fused-ring (bicyclic) bond motifs is 1. The smallest absolute Gasteiger partial charge is 0.131 e. The molecule has 4 rings (SSSR count). The second kappa shape index (κ2) is 7.42. The van der Waals surface area contributed by atoms with Crippen molar-refractivity contribution in [2.45, 2.75) is 51.4 Å². The van der Waals surface area contributed by atoms with E-state index in [1.807, 2.05) is 6.07 Å². The molecule has 27 heavy (non-hydrogen) atoms. The van der Waals surface area contributed by atoms with E-state index in [2.05, 4.69) is 38.1 Å². The average Bonchev–Trinajstić information content (AvgIpc) is 3.11. The zero-order chi connectivity index (χ0) is 19.0. The highest BCUT2D eigenvalue weighted by atomic mass is 19.1. The number of aryl methyl sites for hydroxylation is 1. The zero-order valence-corrected chi connectivity index (χ0v) is 16.0. The SMILES string of the molecule is Cc1ccc([C@@H]2CC[C@H](C[C@H](C)c3ccc(F)c4cc(F)ccc34)C2)cc1. The maximum atomic E-state index is 14.1. The topological polar surface area (TPSA) is 0 Å². The number of halogens is 2. The first-order valence-electron chi connectivity index (χ1n) is 9.95. The van der Waals surface area contributed by atoms with Crippen LogP contribution in [0.4, 0.5) is 8.78 Å². The molecule has 0 aliphatic heterocycles. The molecule has 0 N–H and O–H groups in total. The van der Waals surface area contributed by atoms with Crippen LogP contribution in [0.3, 0.4) is 0 Å². The summed E-state index contributed by atoms with van der Waals surface area (Å²) in [5, 5.41) is 1.24. The molecule has 1 aliphatic rings. The van der Waals surface area contributed by atoms with E-state index in [0.29, 0.717) is 23.1 Å². The molecular formula is C25H26F2. The minimum atomic E-state index is -0.386. The normalized spacial score (nSPS) is 20.9. The Labute approximate surface area is 160 Å². The predicted octanol–water partition coefficient (Wildman–Crippen LogP) is 7.50. The highest BCUT2D eigenvalue weighted by molar-refractivity contribution is 5.86. The molecule has 3 aromatic carbocycles. The summed E-state index contributed by atoms with van der Waals surface area (Å²) in [6.07, 6.45) is 4.81. The number of hydrogen-bond acceptors (Lipinski definition) is 0. The minimum Gasteiger partial charge on any atom is -0.207 e. The van der Waals surface area contributed by atoms with Gasteiger partial charge < -0.3 is 0 Å². The van der Waals surface area contributed by atoms with Gasteiger partial charge in [-0.05, 0) is 85.1 Å². The molecule has 0 radical (unpaired) electrons. The monoisotopic (exact) mass is 364 g/mol. The molecule has 0 saturated heterocycles. The Hall–Kier alpha value is -2.22. The van der Waals surface area contributed by atoms with Gasteiger partial charge >= 0.3 is 0 Å². The average molecular weight is 364 g/mol. The van der Waals surface area contributed by atoms with Crippen molar-refractivity contribution in [1.29, 1.82) is 0 Å². The molecular weight excluding hydrogens is 338 g/mol. The van der Waals surface area contributed by atoms with E-state index in [1.54, 1.807) is 6.07 Å². The second-order valence-corrected chi connectivity index (χ2v) is 8.25. The fourth-order valence-electron chi connectivity index (χ4n) is 4.80. The maximum absolute atomic E-state index is 14.1. The van der Waals surface area contributed by atoms with Gasteiger partial charge in [-0.15, -0.1) is 0 Å². The predicted molar refractivity (Wildman–Crippen MR) is 108 cm³/mol. The lowest BCUT2D eigenvalue weighted by molar-refractivity contribution is 0.455. The van der Waals surface area contributed by atoms with Crippen LogP contribution in [-0.4, -0.2) is 0 Å². The van der Waals surface area contributed by atoms with E-state index < -0.39 is 0 Å². The summed E-state index contributed by atoms with van der Waals surface area (Å²) < 4.78 is 27.7. The summed E-state index contributed by atoms with van der Waals surface area (Å²) in [5.74, 6) is 0.942. The van der Waals surface area contributed by atoms with Crippen molar-refractivity contribution < 1.29 is 8.78 Å². The molecule has 0 heterocycles.